The van der Waals surface area contributed by atoms with E-state index in [0.717, 1.165) is 25.7 Å². The van der Waals surface area contributed by atoms with Gasteiger partial charge in [0.15, 0.2) is 0 Å². The average molecular weight is 212 g/mol. The molecule has 1 saturated heterocycles. The first-order chi connectivity index (χ1) is 7.18. The lowest BCUT2D eigenvalue weighted by atomic mass is 9.86. The van der Waals surface area contributed by atoms with Gasteiger partial charge in [-0.1, -0.05) is 0 Å². The summed E-state index contributed by atoms with van der Waals surface area (Å²) >= 11 is 0. The number of hydrogen-bond acceptors (Lipinski definition) is 4. The number of carbonyl (C=O) groups is 2. The highest BCUT2D eigenvalue weighted by Gasteiger charge is 2.54. The number of hydrogen-bond donors (Lipinski definition) is 0. The molecule has 0 radical (unpaired) electrons. The van der Waals surface area contributed by atoms with Crippen molar-refractivity contribution in [2.24, 2.45) is 5.92 Å². The Labute approximate surface area is 88.9 Å². The van der Waals surface area contributed by atoms with E-state index in [0.29, 0.717) is 6.61 Å². The van der Waals surface area contributed by atoms with E-state index in [-0.39, 0.29) is 24.3 Å². The van der Waals surface area contributed by atoms with Crippen LogP contribution >= 0.6 is 0 Å². The van der Waals surface area contributed by atoms with Gasteiger partial charge in [-0.15, -0.1) is 0 Å². The molecule has 4 heteroatoms. The van der Waals surface area contributed by atoms with Gasteiger partial charge in [0, 0.05) is 0 Å². The fraction of sp³-hybridized carbons (Fsp3) is 0.818. The van der Waals surface area contributed by atoms with Gasteiger partial charge >= 0.3 is 11.9 Å². The van der Waals surface area contributed by atoms with Gasteiger partial charge in [0.25, 0.3) is 0 Å². The van der Waals surface area contributed by atoms with Gasteiger partial charge in [-0.05, 0) is 32.6 Å². The van der Waals surface area contributed by atoms with Crippen LogP contribution in [0.5, 0.6) is 0 Å². The van der Waals surface area contributed by atoms with E-state index in [1.807, 2.05) is 0 Å². The van der Waals surface area contributed by atoms with Crippen molar-refractivity contribution in [2.75, 3.05) is 6.61 Å². The molecule has 2 fully saturated rings. The summed E-state index contributed by atoms with van der Waals surface area (Å²) in [4.78, 5) is 23.0. The summed E-state index contributed by atoms with van der Waals surface area (Å²) in [6.07, 6.45) is 3.87. The second kappa shape index (κ2) is 3.83. The molecule has 1 saturated carbocycles. The highest BCUT2D eigenvalue weighted by atomic mass is 16.6. The summed E-state index contributed by atoms with van der Waals surface area (Å²) in [6.45, 7) is 2.14. The van der Waals surface area contributed by atoms with Crippen molar-refractivity contribution < 1.29 is 19.1 Å². The highest BCUT2D eigenvalue weighted by Crippen LogP contribution is 2.45. The minimum Gasteiger partial charge on any atom is -0.466 e. The summed E-state index contributed by atoms with van der Waals surface area (Å²) in [5, 5.41) is 0. The molecule has 0 aromatic heterocycles. The van der Waals surface area contributed by atoms with Crippen LogP contribution in [0.1, 0.15) is 39.0 Å². The second-order valence-corrected chi connectivity index (χ2v) is 4.25. The third-order valence-electron chi connectivity index (χ3n) is 3.34. The summed E-state index contributed by atoms with van der Waals surface area (Å²) in [7, 11) is 0. The first-order valence-corrected chi connectivity index (χ1v) is 5.56. The minimum atomic E-state index is -0.524. The molecule has 2 rings (SSSR count). The zero-order chi connectivity index (χ0) is 10.9. The number of rotatable bonds is 2. The number of carbonyl (C=O) groups excluding carboxylic acids is 2. The Hall–Kier alpha value is -1.06. The molecule has 0 bridgehead atoms. The van der Waals surface area contributed by atoms with Crippen LogP contribution in [0, 0.1) is 5.92 Å². The molecule has 0 amide bonds. The van der Waals surface area contributed by atoms with Crippen LogP contribution in [0.3, 0.4) is 0 Å². The van der Waals surface area contributed by atoms with Gasteiger partial charge in [0.2, 0.25) is 0 Å². The van der Waals surface area contributed by atoms with Gasteiger partial charge in [0.1, 0.15) is 11.5 Å². The van der Waals surface area contributed by atoms with Crippen molar-refractivity contribution in [1.82, 2.24) is 0 Å². The molecule has 1 aliphatic carbocycles. The average Bonchev–Trinajstić information content (AvgIpc) is 2.75. The largest absolute Gasteiger partial charge is 0.466 e. The highest BCUT2D eigenvalue weighted by molar-refractivity contribution is 5.84. The van der Waals surface area contributed by atoms with Crippen LogP contribution in [-0.4, -0.2) is 24.1 Å². The van der Waals surface area contributed by atoms with Crippen LogP contribution < -0.4 is 0 Å². The van der Waals surface area contributed by atoms with Gasteiger partial charge in [-0.3, -0.25) is 9.59 Å². The van der Waals surface area contributed by atoms with E-state index in [9.17, 15) is 9.59 Å². The molecule has 1 atom stereocenters. The summed E-state index contributed by atoms with van der Waals surface area (Å²) in [6, 6.07) is 0. The third kappa shape index (κ3) is 1.73. The van der Waals surface area contributed by atoms with E-state index in [1.54, 1.807) is 6.92 Å². The minimum absolute atomic E-state index is 0.193. The molecule has 15 heavy (non-hydrogen) atoms. The van der Waals surface area contributed by atoms with Gasteiger partial charge in [-0.2, -0.15) is 0 Å². The Balaban J connectivity index is 2.14. The molecule has 0 N–H and O–H groups in total. The molecule has 1 aliphatic heterocycles. The Kier molecular flexibility index (Phi) is 2.67. The van der Waals surface area contributed by atoms with Crippen LogP contribution in [0.4, 0.5) is 0 Å². The summed E-state index contributed by atoms with van der Waals surface area (Å²) in [5.74, 6) is -0.896. The topological polar surface area (TPSA) is 52.6 Å². The lowest BCUT2D eigenvalue weighted by molar-refractivity contribution is -0.157. The van der Waals surface area contributed by atoms with Crippen molar-refractivity contribution >= 4 is 11.9 Å². The Morgan fingerprint density at radius 2 is 2.20 bits per heavy atom. The third-order valence-corrected chi connectivity index (χ3v) is 3.34. The van der Waals surface area contributed by atoms with E-state index in [4.69, 9.17) is 9.47 Å². The van der Waals surface area contributed by atoms with Gasteiger partial charge in [0.05, 0.1) is 13.0 Å². The summed E-state index contributed by atoms with van der Waals surface area (Å²) < 4.78 is 10.3. The lowest BCUT2D eigenvalue weighted by Gasteiger charge is -2.27. The molecule has 84 valence electrons. The maximum absolute atomic E-state index is 11.7. The Morgan fingerprint density at radius 1 is 1.53 bits per heavy atom. The van der Waals surface area contributed by atoms with Crippen molar-refractivity contribution in [2.45, 2.75) is 44.6 Å². The van der Waals surface area contributed by atoms with Gasteiger partial charge in [-0.25, -0.2) is 0 Å². The van der Waals surface area contributed by atoms with Crippen molar-refractivity contribution in [3.8, 4) is 0 Å². The van der Waals surface area contributed by atoms with Crippen molar-refractivity contribution in [1.29, 1.82) is 0 Å². The second-order valence-electron chi connectivity index (χ2n) is 4.25. The molecule has 4 nitrogen and oxygen atoms in total. The van der Waals surface area contributed by atoms with E-state index < -0.39 is 5.60 Å². The number of esters is 2. The Morgan fingerprint density at radius 3 is 2.80 bits per heavy atom. The number of ether oxygens (including phenoxy) is 2. The molecule has 0 unspecified atom stereocenters. The van der Waals surface area contributed by atoms with Crippen molar-refractivity contribution in [3.63, 3.8) is 0 Å². The normalized spacial score (nSPS) is 28.1. The molecule has 1 spiro atoms. The quantitative estimate of drug-likeness (QED) is 0.650. The molecular weight excluding hydrogens is 196 g/mol. The van der Waals surface area contributed by atoms with Crippen LogP contribution in [0.25, 0.3) is 0 Å². The fourth-order valence-electron chi connectivity index (χ4n) is 2.66. The molecule has 0 aromatic rings. The zero-order valence-electron chi connectivity index (χ0n) is 8.95. The van der Waals surface area contributed by atoms with Gasteiger partial charge < -0.3 is 9.47 Å². The van der Waals surface area contributed by atoms with Crippen LogP contribution in [0.2, 0.25) is 0 Å². The van der Waals surface area contributed by atoms with E-state index in [2.05, 4.69) is 0 Å². The summed E-state index contributed by atoms with van der Waals surface area (Å²) in [5.41, 5.74) is -0.524. The van der Waals surface area contributed by atoms with Crippen molar-refractivity contribution in [3.05, 3.63) is 0 Å². The zero-order valence-corrected chi connectivity index (χ0v) is 8.95. The smallest absolute Gasteiger partial charge is 0.313 e. The van der Waals surface area contributed by atoms with E-state index in [1.165, 1.54) is 0 Å². The first-order valence-electron chi connectivity index (χ1n) is 5.56. The maximum Gasteiger partial charge on any atom is 0.313 e. The first kappa shape index (κ1) is 10.5. The Bertz CT molecular complexity index is 278. The predicted molar refractivity (Wildman–Crippen MR) is 52.0 cm³/mol. The fourth-order valence-corrected chi connectivity index (χ4v) is 2.66. The SMILES string of the molecule is CCOC(=O)[C@H]1CC(=O)OC12CCCC2. The molecule has 1 heterocycles. The van der Waals surface area contributed by atoms with E-state index >= 15 is 0 Å². The standard InChI is InChI=1S/C11H16O4/c1-2-14-10(13)8-7-9(12)15-11(8)5-3-4-6-11/h8H,2-7H2,1H3/t8-/m1/s1. The van der Waals surface area contributed by atoms with Crippen LogP contribution in [0.15, 0.2) is 0 Å². The maximum atomic E-state index is 11.7. The lowest BCUT2D eigenvalue weighted by Crippen LogP contribution is -2.37. The molecule has 0 aromatic carbocycles. The molecule has 2 aliphatic rings. The van der Waals surface area contributed by atoms with Crippen LogP contribution in [-0.2, 0) is 19.1 Å². The monoisotopic (exact) mass is 212 g/mol. The molecular formula is C11H16O4. The predicted octanol–water partition coefficient (Wildman–Crippen LogP) is 1.43.